The van der Waals surface area contributed by atoms with Crippen molar-refractivity contribution >= 4 is 22.9 Å². The van der Waals surface area contributed by atoms with Crippen LogP contribution in [0.5, 0.6) is 23.3 Å². The van der Waals surface area contributed by atoms with Crippen LogP contribution in [0.15, 0.2) is 54.9 Å². The van der Waals surface area contributed by atoms with E-state index in [1.54, 1.807) is 44.8 Å². The normalized spacial score (nSPS) is 10.5. The zero-order valence-corrected chi connectivity index (χ0v) is 19.4. The van der Waals surface area contributed by atoms with E-state index in [2.05, 4.69) is 20.3 Å². The van der Waals surface area contributed by atoms with E-state index in [1.165, 1.54) is 11.3 Å². The van der Waals surface area contributed by atoms with E-state index in [0.29, 0.717) is 33.5 Å². The topological polar surface area (TPSA) is 95.5 Å². The van der Waals surface area contributed by atoms with Crippen LogP contribution >= 0.6 is 11.3 Å². The number of nitrogens with zero attached hydrogens (tertiary/aromatic N) is 3. The van der Waals surface area contributed by atoms with Gasteiger partial charge in [0.15, 0.2) is 11.5 Å². The second-order valence-corrected chi connectivity index (χ2v) is 8.07. The predicted molar refractivity (Wildman–Crippen MR) is 127 cm³/mol. The average Bonchev–Trinajstić information content (AvgIpc) is 3.22. The molecule has 0 radical (unpaired) electrons. The van der Waals surface area contributed by atoms with Gasteiger partial charge in [0.05, 0.1) is 19.9 Å². The SMILES string of the molecule is COc1ccc(-c2nc(C)c(C(=O)Nc3ccc(Oc4ncccn4)cc3C)s2)cc1OC. The number of benzene rings is 2. The summed E-state index contributed by atoms with van der Waals surface area (Å²) in [5, 5.41) is 3.69. The molecular weight excluding hydrogens is 440 g/mol. The molecule has 4 rings (SSSR count). The maximum Gasteiger partial charge on any atom is 0.321 e. The van der Waals surface area contributed by atoms with Crippen LogP contribution in [0.2, 0.25) is 0 Å². The molecule has 33 heavy (non-hydrogen) atoms. The lowest BCUT2D eigenvalue weighted by molar-refractivity contribution is 0.102. The highest BCUT2D eigenvalue weighted by Crippen LogP contribution is 2.35. The molecule has 0 aliphatic carbocycles. The number of carbonyl (C=O) groups is 1. The third-order valence-electron chi connectivity index (χ3n) is 4.83. The van der Waals surface area contributed by atoms with Gasteiger partial charge in [0.25, 0.3) is 5.91 Å². The van der Waals surface area contributed by atoms with E-state index in [1.807, 2.05) is 38.1 Å². The fraction of sp³-hybridized carbons (Fsp3) is 0.167. The smallest absolute Gasteiger partial charge is 0.321 e. The summed E-state index contributed by atoms with van der Waals surface area (Å²) >= 11 is 1.32. The lowest BCUT2D eigenvalue weighted by Gasteiger charge is -2.10. The van der Waals surface area contributed by atoms with Crippen molar-refractivity contribution in [1.29, 1.82) is 0 Å². The number of thiazole rings is 1. The van der Waals surface area contributed by atoms with Gasteiger partial charge in [0, 0.05) is 23.6 Å². The van der Waals surface area contributed by atoms with Crippen molar-refractivity contribution in [3.63, 3.8) is 0 Å². The van der Waals surface area contributed by atoms with Gasteiger partial charge < -0.3 is 19.5 Å². The number of amides is 1. The van der Waals surface area contributed by atoms with Crippen molar-refractivity contribution in [3.8, 4) is 33.8 Å². The summed E-state index contributed by atoms with van der Waals surface area (Å²) < 4.78 is 16.3. The number of aromatic nitrogens is 3. The molecule has 1 N–H and O–H groups in total. The number of methoxy groups -OCH3 is 2. The van der Waals surface area contributed by atoms with Gasteiger partial charge in [-0.1, -0.05) is 0 Å². The van der Waals surface area contributed by atoms with Crippen LogP contribution in [0.1, 0.15) is 20.9 Å². The number of carbonyl (C=O) groups excluding carboxylic acids is 1. The second-order valence-electron chi connectivity index (χ2n) is 7.07. The minimum Gasteiger partial charge on any atom is -0.493 e. The number of aryl methyl sites for hydroxylation is 2. The van der Waals surface area contributed by atoms with Gasteiger partial charge in [0.2, 0.25) is 0 Å². The van der Waals surface area contributed by atoms with Crippen LogP contribution in [-0.4, -0.2) is 35.1 Å². The third-order valence-corrected chi connectivity index (χ3v) is 6.04. The van der Waals surface area contributed by atoms with E-state index in [-0.39, 0.29) is 11.9 Å². The lowest BCUT2D eigenvalue weighted by Crippen LogP contribution is -2.12. The molecule has 0 aliphatic rings. The largest absolute Gasteiger partial charge is 0.493 e. The summed E-state index contributed by atoms with van der Waals surface area (Å²) in [7, 11) is 3.17. The number of anilines is 1. The summed E-state index contributed by atoms with van der Waals surface area (Å²) in [4.78, 5) is 26.2. The van der Waals surface area contributed by atoms with Crippen molar-refractivity contribution < 1.29 is 19.0 Å². The first-order chi connectivity index (χ1) is 16.0. The molecule has 2 aromatic carbocycles. The maximum absolute atomic E-state index is 13.0. The first-order valence-electron chi connectivity index (χ1n) is 10.0. The van der Waals surface area contributed by atoms with Crippen LogP contribution in [0.3, 0.4) is 0 Å². The minimum absolute atomic E-state index is 0.222. The van der Waals surface area contributed by atoms with Crippen LogP contribution in [0, 0.1) is 13.8 Å². The molecule has 0 saturated carbocycles. The Morgan fingerprint density at radius 1 is 0.970 bits per heavy atom. The van der Waals surface area contributed by atoms with Gasteiger partial charge in [0.1, 0.15) is 15.6 Å². The van der Waals surface area contributed by atoms with Crippen molar-refractivity contribution in [2.24, 2.45) is 0 Å². The molecule has 0 unspecified atom stereocenters. The quantitative estimate of drug-likeness (QED) is 0.399. The lowest BCUT2D eigenvalue weighted by atomic mass is 10.2. The Kier molecular flexibility index (Phi) is 6.50. The Morgan fingerprint density at radius 3 is 2.42 bits per heavy atom. The Hall–Kier alpha value is -3.98. The van der Waals surface area contributed by atoms with E-state index < -0.39 is 0 Å². The minimum atomic E-state index is -0.222. The van der Waals surface area contributed by atoms with Gasteiger partial charge in [-0.15, -0.1) is 11.3 Å². The van der Waals surface area contributed by atoms with Crippen LogP contribution in [-0.2, 0) is 0 Å². The highest BCUT2D eigenvalue weighted by molar-refractivity contribution is 7.17. The molecule has 9 heteroatoms. The number of nitrogens with one attached hydrogen (secondary N) is 1. The van der Waals surface area contributed by atoms with Gasteiger partial charge >= 0.3 is 6.01 Å². The van der Waals surface area contributed by atoms with Crippen molar-refractivity contribution in [3.05, 3.63) is 71.0 Å². The van der Waals surface area contributed by atoms with Crippen molar-refractivity contribution in [1.82, 2.24) is 15.0 Å². The fourth-order valence-electron chi connectivity index (χ4n) is 3.16. The summed E-state index contributed by atoms with van der Waals surface area (Å²) in [5.41, 5.74) is 3.03. The first-order valence-corrected chi connectivity index (χ1v) is 10.9. The molecule has 1 amide bonds. The van der Waals surface area contributed by atoms with Gasteiger partial charge in [-0.2, -0.15) is 0 Å². The standard InChI is InChI=1S/C24H22N4O4S/c1-14-12-17(32-24-25-10-5-11-26-24)7-8-18(14)28-22(29)21-15(2)27-23(33-21)16-6-9-19(30-3)20(13-16)31-4/h5-13H,1-4H3,(H,28,29). The molecule has 2 aromatic heterocycles. The molecule has 0 aliphatic heterocycles. The van der Waals surface area contributed by atoms with E-state index in [4.69, 9.17) is 14.2 Å². The van der Waals surface area contributed by atoms with Crippen LogP contribution < -0.4 is 19.5 Å². The van der Waals surface area contributed by atoms with Crippen molar-refractivity contribution in [2.45, 2.75) is 13.8 Å². The van der Waals surface area contributed by atoms with Crippen LogP contribution in [0.4, 0.5) is 5.69 Å². The molecule has 168 valence electrons. The molecule has 8 nitrogen and oxygen atoms in total. The predicted octanol–water partition coefficient (Wildman–Crippen LogP) is 5.28. The first kappa shape index (κ1) is 22.2. The molecule has 0 fully saturated rings. The monoisotopic (exact) mass is 462 g/mol. The average molecular weight is 463 g/mol. The fourth-order valence-corrected chi connectivity index (χ4v) is 4.12. The zero-order chi connectivity index (χ0) is 23.4. The number of ether oxygens (including phenoxy) is 3. The summed E-state index contributed by atoms with van der Waals surface area (Å²) in [6.45, 7) is 3.71. The van der Waals surface area contributed by atoms with Crippen molar-refractivity contribution in [2.75, 3.05) is 19.5 Å². The number of hydrogen-bond donors (Lipinski definition) is 1. The van der Waals surface area contributed by atoms with Gasteiger partial charge in [-0.3, -0.25) is 4.79 Å². The van der Waals surface area contributed by atoms with Gasteiger partial charge in [-0.05, 0) is 61.9 Å². The Bertz CT molecular complexity index is 1290. The molecule has 0 atom stereocenters. The molecule has 2 heterocycles. The number of hydrogen-bond acceptors (Lipinski definition) is 8. The molecule has 0 bridgehead atoms. The Morgan fingerprint density at radius 2 is 1.73 bits per heavy atom. The van der Waals surface area contributed by atoms with E-state index in [0.717, 1.165) is 16.1 Å². The number of rotatable bonds is 7. The maximum atomic E-state index is 13.0. The summed E-state index contributed by atoms with van der Waals surface area (Å²) in [6.07, 6.45) is 3.22. The molecule has 0 spiro atoms. The highest BCUT2D eigenvalue weighted by atomic mass is 32.1. The second kappa shape index (κ2) is 9.66. The Labute approximate surface area is 195 Å². The third kappa shape index (κ3) is 4.93. The molecule has 4 aromatic rings. The molecular formula is C24H22N4O4S. The Balaban J connectivity index is 1.52. The van der Waals surface area contributed by atoms with E-state index >= 15 is 0 Å². The van der Waals surface area contributed by atoms with Crippen LogP contribution in [0.25, 0.3) is 10.6 Å². The zero-order valence-electron chi connectivity index (χ0n) is 18.6. The summed E-state index contributed by atoms with van der Waals surface area (Å²) in [6, 6.07) is 12.9. The molecule has 0 saturated heterocycles. The summed E-state index contributed by atoms with van der Waals surface area (Å²) in [5.74, 6) is 1.60. The van der Waals surface area contributed by atoms with Gasteiger partial charge in [-0.25, -0.2) is 15.0 Å². The highest BCUT2D eigenvalue weighted by Gasteiger charge is 2.18. The van der Waals surface area contributed by atoms with E-state index in [9.17, 15) is 4.79 Å².